The van der Waals surface area contributed by atoms with Crippen molar-refractivity contribution in [3.63, 3.8) is 0 Å². The van der Waals surface area contributed by atoms with E-state index >= 15 is 0 Å². The quantitative estimate of drug-likeness (QED) is 0.0558. The van der Waals surface area contributed by atoms with E-state index in [1.165, 1.54) is 35.5 Å². The lowest BCUT2D eigenvalue weighted by Crippen LogP contribution is -2.60. The number of fused-ring (bicyclic) bond motifs is 2. The van der Waals surface area contributed by atoms with Gasteiger partial charge in [0.25, 0.3) is 21.6 Å². The van der Waals surface area contributed by atoms with Gasteiger partial charge in [-0.25, -0.2) is 26.9 Å². The molecule has 11 rings (SSSR count). The van der Waals surface area contributed by atoms with Gasteiger partial charge >= 0.3 is 0 Å². The van der Waals surface area contributed by atoms with Gasteiger partial charge in [0, 0.05) is 87.3 Å². The van der Waals surface area contributed by atoms with E-state index in [9.17, 15) is 37.2 Å². The van der Waals surface area contributed by atoms with Crippen LogP contribution in [0.4, 0.5) is 25.8 Å². The van der Waals surface area contributed by atoms with Crippen molar-refractivity contribution in [2.45, 2.75) is 107 Å². The summed E-state index contributed by atoms with van der Waals surface area (Å²) in [4.78, 5) is 40.3. The Kier molecular flexibility index (Phi) is 14.1. The molecule has 4 N–H and O–H groups in total. The number of halogens is 2. The minimum absolute atomic E-state index is 0.0307. The first-order valence-corrected chi connectivity index (χ1v) is 28.0. The fourth-order valence-corrected chi connectivity index (χ4v) is 13.5. The number of nitrogens with zero attached hydrogens (tertiary/aromatic N) is 5. The van der Waals surface area contributed by atoms with E-state index in [-0.39, 0.29) is 45.9 Å². The second kappa shape index (κ2) is 20.8. The number of amides is 1. The van der Waals surface area contributed by atoms with E-state index in [1.807, 2.05) is 6.07 Å². The second-order valence-electron chi connectivity index (χ2n) is 22.3. The Morgan fingerprint density at radius 3 is 2.48 bits per heavy atom. The molecule has 2 saturated heterocycles. The largest absolute Gasteiger partial charge is 0.455 e. The van der Waals surface area contributed by atoms with Crippen molar-refractivity contribution in [3.8, 4) is 23.0 Å². The monoisotopic (exact) mass is 1070 g/mol. The number of sulfonamides is 1. The molecule has 77 heavy (non-hydrogen) atoms. The van der Waals surface area contributed by atoms with Gasteiger partial charge in [-0.2, -0.15) is 0 Å². The van der Waals surface area contributed by atoms with Crippen LogP contribution in [0, 0.1) is 33.1 Å². The number of piperazine rings is 1. The topological polar surface area (TPSA) is 205 Å². The summed E-state index contributed by atoms with van der Waals surface area (Å²) in [6, 6.07) is 22.8. The number of benzene rings is 4. The van der Waals surface area contributed by atoms with Crippen molar-refractivity contribution >= 4 is 44.0 Å². The van der Waals surface area contributed by atoms with E-state index in [1.54, 1.807) is 37.4 Å². The summed E-state index contributed by atoms with van der Waals surface area (Å²) in [6.07, 6.45) is 9.79. The molecular formula is C57H64F2N8O9S. The van der Waals surface area contributed by atoms with Crippen molar-refractivity contribution in [3.05, 3.63) is 135 Å². The van der Waals surface area contributed by atoms with Crippen LogP contribution in [0.5, 0.6) is 23.0 Å². The zero-order valence-corrected chi connectivity index (χ0v) is 44.2. The second-order valence-corrected chi connectivity index (χ2v) is 23.9. The van der Waals surface area contributed by atoms with Gasteiger partial charge in [-0.1, -0.05) is 44.2 Å². The highest BCUT2D eigenvalue weighted by Gasteiger charge is 2.50. The molecule has 5 aliphatic rings. The number of piperidine rings is 1. The van der Waals surface area contributed by atoms with E-state index in [4.69, 9.17) is 14.2 Å². The first-order valence-electron chi connectivity index (χ1n) is 26.6. The smallest absolute Gasteiger partial charge is 0.297 e. The molecule has 6 aromatic rings. The number of aromatic nitrogens is 2. The SMILES string of the molecule is CC(C)c1ccccc1C1CN(Cc2ccc(F)c(F)c2)CCN1C1CC2(CCN(c3ccc(C(=O)NS(=O)(=O)c4cc([N+](=O)[O-])c(NCC5CCC(C)(O)CC5)c5c4OCO5)c(Oc4cnc5[nH]ccc5c4)c3)CC2)C1. The Morgan fingerprint density at radius 2 is 1.73 bits per heavy atom. The maximum atomic E-state index is 14.3. The predicted molar refractivity (Wildman–Crippen MR) is 286 cm³/mol. The molecule has 4 fully saturated rings. The number of nitro benzene ring substituents is 1. The number of pyridine rings is 1. The van der Waals surface area contributed by atoms with Crippen molar-refractivity contribution in [2.24, 2.45) is 11.3 Å². The molecule has 1 spiro atoms. The fourth-order valence-electron chi connectivity index (χ4n) is 12.4. The maximum Gasteiger partial charge on any atom is 0.297 e. The third kappa shape index (κ3) is 10.8. The summed E-state index contributed by atoms with van der Waals surface area (Å²) in [5.41, 5.74) is 3.47. The summed E-state index contributed by atoms with van der Waals surface area (Å²) in [5, 5.41) is 26.8. The standard InChI is InChI=1S/C57H64F2N8O9S/c1-35(2)42-6-4-5-7-43(42)48-33-64(32-37-8-11-45(58)46(59)24-37)22-23-66(48)40-28-57(29-40)17-20-65(21-18-57)39-9-10-44(49(26-39)76-41-25-38-14-19-60-54(38)62-31-41)55(68)63-77(72,73)50-27-47(67(70)71)51(53-52(50)74-34-75-53)61-30-36-12-15-56(3,69)16-13-36/h4-11,14,19,24-27,31,35-36,40,48,61,69H,12-13,15-18,20-23,28-30,32-34H2,1-3H3,(H,60,62)(H,63,68). The molecule has 406 valence electrons. The van der Waals surface area contributed by atoms with E-state index in [0.717, 1.165) is 81.1 Å². The number of anilines is 2. The number of carbonyl (C=O) groups is 1. The Labute approximate surface area is 446 Å². The van der Waals surface area contributed by atoms with Gasteiger partial charge in [-0.3, -0.25) is 24.7 Å². The van der Waals surface area contributed by atoms with Crippen molar-refractivity contribution in [1.82, 2.24) is 24.5 Å². The molecule has 17 nitrogen and oxygen atoms in total. The molecule has 2 saturated carbocycles. The van der Waals surface area contributed by atoms with Crippen LogP contribution in [-0.2, 0) is 16.6 Å². The Balaban J connectivity index is 0.803. The minimum Gasteiger partial charge on any atom is -0.455 e. The van der Waals surface area contributed by atoms with Crippen LogP contribution in [-0.4, -0.2) is 102 Å². The molecule has 4 aromatic carbocycles. The number of nitro groups is 1. The molecular weight excluding hydrogens is 1010 g/mol. The molecule has 5 heterocycles. The Morgan fingerprint density at radius 1 is 0.961 bits per heavy atom. The normalized spacial score (nSPS) is 21.8. The molecule has 3 aliphatic heterocycles. The van der Waals surface area contributed by atoms with E-state index in [0.29, 0.717) is 62.1 Å². The molecule has 20 heteroatoms. The molecule has 1 unspecified atom stereocenters. The predicted octanol–water partition coefficient (Wildman–Crippen LogP) is 10.2. The van der Waals surface area contributed by atoms with E-state index < -0.39 is 55.5 Å². The zero-order valence-electron chi connectivity index (χ0n) is 43.4. The van der Waals surface area contributed by atoms with Gasteiger partial charge < -0.3 is 34.5 Å². The number of aliphatic hydroxyl groups is 1. The van der Waals surface area contributed by atoms with Crippen LogP contribution in [0.1, 0.15) is 111 Å². The highest BCUT2D eigenvalue weighted by molar-refractivity contribution is 7.90. The van der Waals surface area contributed by atoms with Gasteiger partial charge in [0.15, 0.2) is 28.8 Å². The van der Waals surface area contributed by atoms with Gasteiger partial charge in [0.2, 0.25) is 6.79 Å². The highest BCUT2D eigenvalue weighted by Crippen LogP contribution is 2.54. The Bertz CT molecular complexity index is 3330. The van der Waals surface area contributed by atoms with Crippen LogP contribution in [0.25, 0.3) is 11.0 Å². The summed E-state index contributed by atoms with van der Waals surface area (Å²) < 4.78 is 76.4. The summed E-state index contributed by atoms with van der Waals surface area (Å²) in [7, 11) is -4.84. The molecule has 1 amide bonds. The van der Waals surface area contributed by atoms with Crippen LogP contribution < -0.4 is 29.1 Å². The number of ether oxygens (including phenoxy) is 3. The summed E-state index contributed by atoms with van der Waals surface area (Å²) >= 11 is 0. The zero-order chi connectivity index (χ0) is 53.8. The van der Waals surface area contributed by atoms with E-state index in [2.05, 4.69) is 72.8 Å². The van der Waals surface area contributed by atoms with Crippen molar-refractivity contribution in [1.29, 1.82) is 0 Å². The van der Waals surface area contributed by atoms with Gasteiger partial charge in [0.1, 0.15) is 22.0 Å². The number of hydrogen-bond donors (Lipinski definition) is 4. The lowest BCUT2D eigenvalue weighted by molar-refractivity contribution is -0.384. The molecule has 0 bridgehead atoms. The minimum atomic E-state index is -4.84. The van der Waals surface area contributed by atoms with Crippen LogP contribution in [0.3, 0.4) is 0 Å². The highest BCUT2D eigenvalue weighted by atomic mass is 32.2. The number of H-pyrrole nitrogens is 1. The molecule has 1 atom stereocenters. The lowest BCUT2D eigenvalue weighted by Gasteiger charge is -2.58. The number of rotatable bonds is 15. The average Bonchev–Trinajstić information content (AvgIpc) is 4.17. The van der Waals surface area contributed by atoms with Crippen molar-refractivity contribution < 1.29 is 46.2 Å². The van der Waals surface area contributed by atoms with Crippen molar-refractivity contribution in [2.75, 3.05) is 56.3 Å². The maximum absolute atomic E-state index is 14.3. The number of nitrogens with one attached hydrogen (secondary N) is 3. The van der Waals surface area contributed by atoms with Gasteiger partial charge in [-0.15, -0.1) is 0 Å². The third-order valence-corrected chi connectivity index (χ3v) is 18.1. The molecule has 2 aromatic heterocycles. The third-order valence-electron chi connectivity index (χ3n) is 16.7. The first-order chi connectivity index (χ1) is 36.9. The Hall–Kier alpha value is -6.87. The van der Waals surface area contributed by atoms with Gasteiger partial charge in [0.05, 0.1) is 22.3 Å². The van der Waals surface area contributed by atoms with Crippen LogP contribution >= 0.6 is 0 Å². The van der Waals surface area contributed by atoms with Crippen LogP contribution in [0.15, 0.2) is 96.2 Å². The number of aromatic amines is 1. The van der Waals surface area contributed by atoms with Crippen LogP contribution in [0.2, 0.25) is 0 Å². The molecule has 2 aliphatic carbocycles. The fraction of sp³-hybridized carbons (Fsp3) is 0.439. The summed E-state index contributed by atoms with van der Waals surface area (Å²) in [6.45, 7) is 10.6. The summed E-state index contributed by atoms with van der Waals surface area (Å²) in [5.74, 6) is -2.31. The average molecular weight is 1080 g/mol. The molecule has 0 radical (unpaired) electrons. The number of hydrogen-bond acceptors (Lipinski definition) is 14. The van der Waals surface area contributed by atoms with Gasteiger partial charge in [-0.05, 0) is 129 Å². The first kappa shape index (κ1) is 52.2. The number of carbonyl (C=O) groups excluding carboxylic acids is 1. The lowest BCUT2D eigenvalue weighted by atomic mass is 9.59.